The molecule has 0 aliphatic rings. The summed E-state index contributed by atoms with van der Waals surface area (Å²) in [5.41, 5.74) is 1.92. The van der Waals surface area contributed by atoms with E-state index in [4.69, 9.17) is 0 Å². The molecule has 0 fully saturated rings. The first-order valence-corrected chi connectivity index (χ1v) is 9.85. The maximum atomic E-state index is 12.2. The quantitative estimate of drug-likeness (QED) is 0.756. The number of carbonyl (C=O) groups is 2. The highest BCUT2D eigenvalue weighted by atomic mass is 32.2. The lowest BCUT2D eigenvalue weighted by Gasteiger charge is -2.11. The fraction of sp³-hybridized carbons (Fsp3) is 0.263. The molecule has 2 rings (SSSR count). The normalized spacial score (nSPS) is 11.1. The second-order valence-electron chi connectivity index (χ2n) is 6.18. The van der Waals surface area contributed by atoms with Crippen LogP contribution in [0.5, 0.6) is 0 Å². The molecule has 0 spiro atoms. The van der Waals surface area contributed by atoms with Gasteiger partial charge in [0.15, 0.2) is 0 Å². The molecule has 144 valence electrons. The predicted molar refractivity (Wildman–Crippen MR) is 104 cm³/mol. The Bertz CT molecular complexity index is 922. The molecule has 0 radical (unpaired) electrons. The van der Waals surface area contributed by atoms with Gasteiger partial charge in [-0.15, -0.1) is 0 Å². The largest absolute Gasteiger partial charge is 0.345 e. The van der Waals surface area contributed by atoms with Crippen molar-refractivity contribution in [2.45, 2.75) is 17.7 Å². The van der Waals surface area contributed by atoms with E-state index < -0.39 is 10.0 Å². The molecule has 0 unspecified atom stereocenters. The second kappa shape index (κ2) is 8.79. The molecule has 2 aromatic carbocycles. The number of amides is 2. The summed E-state index contributed by atoms with van der Waals surface area (Å²) >= 11 is 0. The topological polar surface area (TPSA) is 95.6 Å². The number of sulfonamides is 1. The van der Waals surface area contributed by atoms with Gasteiger partial charge in [0.25, 0.3) is 5.91 Å². The zero-order valence-electron chi connectivity index (χ0n) is 15.5. The monoisotopic (exact) mass is 389 g/mol. The number of rotatable bonds is 7. The fourth-order valence-electron chi connectivity index (χ4n) is 2.42. The third kappa shape index (κ3) is 5.63. The van der Waals surface area contributed by atoms with Crippen LogP contribution >= 0.6 is 0 Å². The van der Waals surface area contributed by atoms with Crippen molar-refractivity contribution in [2.24, 2.45) is 0 Å². The first-order valence-electron chi connectivity index (χ1n) is 8.37. The van der Waals surface area contributed by atoms with E-state index in [0.29, 0.717) is 17.7 Å². The summed E-state index contributed by atoms with van der Waals surface area (Å²) in [5, 5.41) is 2.78. The first-order chi connectivity index (χ1) is 12.7. The number of hydrogen-bond donors (Lipinski definition) is 2. The molecule has 7 nitrogen and oxygen atoms in total. The van der Waals surface area contributed by atoms with Crippen molar-refractivity contribution in [3.63, 3.8) is 0 Å². The van der Waals surface area contributed by atoms with Gasteiger partial charge in [-0.2, -0.15) is 0 Å². The Labute approximate surface area is 159 Å². The summed E-state index contributed by atoms with van der Waals surface area (Å²) in [6, 6.07) is 13.2. The molecule has 0 saturated carbocycles. The van der Waals surface area contributed by atoms with Crippen LogP contribution in [0, 0.1) is 0 Å². The van der Waals surface area contributed by atoms with E-state index in [-0.39, 0.29) is 23.1 Å². The zero-order chi connectivity index (χ0) is 20.0. The summed E-state index contributed by atoms with van der Waals surface area (Å²) in [7, 11) is 1.23. The first kappa shape index (κ1) is 20.6. The molecular weight excluding hydrogens is 366 g/mol. The molecule has 2 amide bonds. The summed E-state index contributed by atoms with van der Waals surface area (Å²) < 4.78 is 25.6. The van der Waals surface area contributed by atoms with Gasteiger partial charge in [-0.05, 0) is 49.4 Å². The smallest absolute Gasteiger partial charge is 0.253 e. The average Bonchev–Trinajstić information content (AvgIpc) is 2.66. The number of aryl methyl sites for hydroxylation is 1. The van der Waals surface area contributed by atoms with Crippen LogP contribution < -0.4 is 10.0 Å². The van der Waals surface area contributed by atoms with E-state index in [1.54, 1.807) is 50.5 Å². The van der Waals surface area contributed by atoms with Crippen LogP contribution in [0.25, 0.3) is 0 Å². The van der Waals surface area contributed by atoms with Gasteiger partial charge in [0.1, 0.15) is 0 Å². The fourth-order valence-corrected chi connectivity index (χ4v) is 3.15. The lowest BCUT2D eigenvalue weighted by atomic mass is 10.1. The van der Waals surface area contributed by atoms with Crippen LogP contribution in [0.3, 0.4) is 0 Å². The summed E-state index contributed by atoms with van der Waals surface area (Å²) in [5.74, 6) is -0.320. The molecular formula is C19H23N3O4S. The highest BCUT2D eigenvalue weighted by Crippen LogP contribution is 2.14. The van der Waals surface area contributed by atoms with E-state index in [1.807, 2.05) is 0 Å². The van der Waals surface area contributed by atoms with E-state index in [0.717, 1.165) is 5.56 Å². The standard InChI is InChI=1S/C19H23N3O4S/c1-20-27(25,26)17-10-7-14(8-11-17)9-12-18(23)21-16-6-4-5-15(13-16)19(24)22(2)3/h4-8,10-11,13,20H,9,12H2,1-3H3,(H,21,23). The van der Waals surface area contributed by atoms with E-state index in [9.17, 15) is 18.0 Å². The van der Waals surface area contributed by atoms with Crippen molar-refractivity contribution in [3.05, 3.63) is 59.7 Å². The van der Waals surface area contributed by atoms with Crippen molar-refractivity contribution in [3.8, 4) is 0 Å². The van der Waals surface area contributed by atoms with Crippen LogP contribution in [0.1, 0.15) is 22.3 Å². The summed E-state index contributed by atoms with van der Waals surface area (Å²) in [6.07, 6.45) is 0.714. The number of hydrogen-bond acceptors (Lipinski definition) is 4. The second-order valence-corrected chi connectivity index (χ2v) is 8.07. The molecule has 0 heterocycles. The number of anilines is 1. The van der Waals surface area contributed by atoms with Crippen LogP contribution in [0.2, 0.25) is 0 Å². The Balaban J connectivity index is 1.95. The van der Waals surface area contributed by atoms with E-state index in [2.05, 4.69) is 10.0 Å². The van der Waals surface area contributed by atoms with Crippen molar-refractivity contribution in [1.29, 1.82) is 0 Å². The Morgan fingerprint density at radius 3 is 2.30 bits per heavy atom. The predicted octanol–water partition coefficient (Wildman–Crippen LogP) is 1.87. The lowest BCUT2D eigenvalue weighted by molar-refractivity contribution is -0.116. The maximum Gasteiger partial charge on any atom is 0.253 e. The number of carbonyl (C=O) groups excluding carboxylic acids is 2. The van der Waals surface area contributed by atoms with Crippen LogP contribution in [-0.2, 0) is 21.2 Å². The van der Waals surface area contributed by atoms with Gasteiger partial charge in [0, 0.05) is 31.8 Å². The minimum Gasteiger partial charge on any atom is -0.345 e. The molecule has 0 aromatic heterocycles. The van der Waals surface area contributed by atoms with E-state index >= 15 is 0 Å². The van der Waals surface area contributed by atoms with Gasteiger partial charge >= 0.3 is 0 Å². The Morgan fingerprint density at radius 1 is 1.04 bits per heavy atom. The number of nitrogens with one attached hydrogen (secondary N) is 2. The SMILES string of the molecule is CNS(=O)(=O)c1ccc(CCC(=O)Nc2cccc(C(=O)N(C)C)c2)cc1. The van der Waals surface area contributed by atoms with Crippen LogP contribution in [0.4, 0.5) is 5.69 Å². The highest BCUT2D eigenvalue weighted by molar-refractivity contribution is 7.89. The summed E-state index contributed by atoms with van der Waals surface area (Å²) in [4.78, 5) is 25.8. The molecule has 0 saturated heterocycles. The lowest BCUT2D eigenvalue weighted by Crippen LogP contribution is -2.22. The molecule has 27 heavy (non-hydrogen) atoms. The Morgan fingerprint density at radius 2 is 1.70 bits per heavy atom. The molecule has 2 aromatic rings. The van der Waals surface area contributed by atoms with Gasteiger partial charge in [0.2, 0.25) is 15.9 Å². The number of benzene rings is 2. The Kier molecular flexibility index (Phi) is 6.70. The minimum atomic E-state index is -3.46. The maximum absolute atomic E-state index is 12.2. The van der Waals surface area contributed by atoms with Crippen LogP contribution in [0.15, 0.2) is 53.4 Å². The third-order valence-corrected chi connectivity index (χ3v) is 5.37. The van der Waals surface area contributed by atoms with Gasteiger partial charge < -0.3 is 10.2 Å². The van der Waals surface area contributed by atoms with Gasteiger partial charge in [0.05, 0.1) is 4.90 Å². The average molecular weight is 389 g/mol. The zero-order valence-corrected chi connectivity index (χ0v) is 16.3. The van der Waals surface area contributed by atoms with Crippen molar-refractivity contribution >= 4 is 27.5 Å². The minimum absolute atomic E-state index is 0.136. The molecule has 0 aliphatic carbocycles. The van der Waals surface area contributed by atoms with Crippen LogP contribution in [-0.4, -0.2) is 46.3 Å². The van der Waals surface area contributed by atoms with Gasteiger partial charge in [-0.3, -0.25) is 9.59 Å². The van der Waals surface area contributed by atoms with Crippen molar-refractivity contribution < 1.29 is 18.0 Å². The van der Waals surface area contributed by atoms with Crippen molar-refractivity contribution in [1.82, 2.24) is 9.62 Å². The molecule has 0 atom stereocenters. The third-order valence-electron chi connectivity index (χ3n) is 3.94. The van der Waals surface area contributed by atoms with Crippen molar-refractivity contribution in [2.75, 3.05) is 26.5 Å². The van der Waals surface area contributed by atoms with E-state index in [1.165, 1.54) is 24.1 Å². The molecule has 2 N–H and O–H groups in total. The van der Waals surface area contributed by atoms with Gasteiger partial charge in [-0.25, -0.2) is 13.1 Å². The molecule has 0 aliphatic heterocycles. The Hall–Kier alpha value is -2.71. The number of nitrogens with zero attached hydrogens (tertiary/aromatic N) is 1. The molecule has 0 bridgehead atoms. The highest BCUT2D eigenvalue weighted by Gasteiger charge is 2.12. The molecule has 8 heteroatoms. The summed E-state index contributed by atoms with van der Waals surface area (Å²) in [6.45, 7) is 0. The van der Waals surface area contributed by atoms with Gasteiger partial charge in [-0.1, -0.05) is 18.2 Å².